The van der Waals surface area contributed by atoms with E-state index in [0.717, 1.165) is 0 Å². The molecule has 1 heterocycles. The number of nitrogens with two attached hydrogens (primary N) is 1. The molecule has 0 amide bonds. The SMILES string of the molecule is Cc1nn(C)c(NN)c1[N+](=O)[O-]. The van der Waals surface area contributed by atoms with Crippen LogP contribution in [0.2, 0.25) is 0 Å². The van der Waals surface area contributed by atoms with Crippen molar-refractivity contribution in [3.63, 3.8) is 0 Å². The third-order valence-corrected chi connectivity index (χ3v) is 1.51. The molecule has 7 nitrogen and oxygen atoms in total. The molecule has 0 bridgehead atoms. The molecule has 66 valence electrons. The van der Waals surface area contributed by atoms with Gasteiger partial charge in [0.25, 0.3) is 0 Å². The molecule has 3 N–H and O–H groups in total. The van der Waals surface area contributed by atoms with E-state index >= 15 is 0 Å². The van der Waals surface area contributed by atoms with Gasteiger partial charge in [-0.25, -0.2) is 10.5 Å². The Hall–Kier alpha value is -1.63. The van der Waals surface area contributed by atoms with Crippen molar-refractivity contribution in [2.45, 2.75) is 6.92 Å². The van der Waals surface area contributed by atoms with Gasteiger partial charge in [0.15, 0.2) is 0 Å². The van der Waals surface area contributed by atoms with Gasteiger partial charge in [0, 0.05) is 7.05 Å². The van der Waals surface area contributed by atoms with Crippen molar-refractivity contribution in [3.8, 4) is 0 Å². The Bertz CT molecular complexity index is 318. The number of nitrogens with zero attached hydrogens (tertiary/aromatic N) is 3. The first-order chi connectivity index (χ1) is 5.57. The number of anilines is 1. The van der Waals surface area contributed by atoms with E-state index in [1.807, 2.05) is 0 Å². The van der Waals surface area contributed by atoms with E-state index in [2.05, 4.69) is 10.5 Å². The van der Waals surface area contributed by atoms with Gasteiger partial charge in [-0.1, -0.05) is 0 Å². The van der Waals surface area contributed by atoms with Crippen LogP contribution in [-0.4, -0.2) is 14.7 Å². The van der Waals surface area contributed by atoms with Gasteiger partial charge in [0.1, 0.15) is 5.69 Å². The van der Waals surface area contributed by atoms with Gasteiger partial charge in [0.05, 0.1) is 4.92 Å². The van der Waals surface area contributed by atoms with E-state index in [0.29, 0.717) is 5.69 Å². The highest BCUT2D eigenvalue weighted by molar-refractivity contribution is 5.58. The molecular formula is C5H9N5O2. The topological polar surface area (TPSA) is 99.0 Å². The van der Waals surface area contributed by atoms with Crippen LogP contribution in [0.1, 0.15) is 5.69 Å². The summed E-state index contributed by atoms with van der Waals surface area (Å²) in [6, 6.07) is 0. The summed E-state index contributed by atoms with van der Waals surface area (Å²) < 4.78 is 1.33. The average molecular weight is 171 g/mol. The number of aromatic nitrogens is 2. The molecule has 0 atom stereocenters. The van der Waals surface area contributed by atoms with Gasteiger partial charge in [-0.3, -0.25) is 10.1 Å². The van der Waals surface area contributed by atoms with Crippen LogP contribution in [0.25, 0.3) is 0 Å². The number of nitro groups is 1. The molecule has 0 spiro atoms. The van der Waals surface area contributed by atoms with Crippen LogP contribution in [-0.2, 0) is 7.05 Å². The van der Waals surface area contributed by atoms with E-state index in [4.69, 9.17) is 5.84 Å². The van der Waals surface area contributed by atoms with Crippen molar-refractivity contribution in [2.75, 3.05) is 5.43 Å². The second-order valence-electron chi connectivity index (χ2n) is 2.31. The summed E-state index contributed by atoms with van der Waals surface area (Å²) in [5.74, 6) is 5.29. The van der Waals surface area contributed by atoms with Crippen LogP contribution in [0.5, 0.6) is 0 Å². The minimum atomic E-state index is -0.516. The van der Waals surface area contributed by atoms with E-state index in [1.165, 1.54) is 4.68 Å². The van der Waals surface area contributed by atoms with Crippen LogP contribution in [0.3, 0.4) is 0 Å². The number of hydrogen-bond acceptors (Lipinski definition) is 5. The Morgan fingerprint density at radius 3 is 2.67 bits per heavy atom. The monoisotopic (exact) mass is 171 g/mol. The summed E-state index contributed by atoms with van der Waals surface area (Å²) in [7, 11) is 1.58. The molecular weight excluding hydrogens is 162 g/mol. The molecule has 7 heteroatoms. The predicted molar refractivity (Wildman–Crippen MR) is 42.4 cm³/mol. The molecule has 0 radical (unpaired) electrons. The number of rotatable bonds is 2. The third kappa shape index (κ3) is 1.10. The minimum Gasteiger partial charge on any atom is -0.303 e. The fourth-order valence-corrected chi connectivity index (χ4v) is 1.03. The van der Waals surface area contributed by atoms with Crippen LogP contribution in [0.15, 0.2) is 0 Å². The molecule has 0 fully saturated rings. The van der Waals surface area contributed by atoms with E-state index in [1.54, 1.807) is 14.0 Å². The first kappa shape index (κ1) is 8.47. The van der Waals surface area contributed by atoms with Gasteiger partial charge in [-0.2, -0.15) is 5.10 Å². The summed E-state index contributed by atoms with van der Waals surface area (Å²) >= 11 is 0. The maximum absolute atomic E-state index is 10.5. The molecule has 0 unspecified atom stereocenters. The number of nitrogen functional groups attached to an aromatic ring is 1. The lowest BCUT2D eigenvalue weighted by molar-refractivity contribution is -0.384. The van der Waals surface area contributed by atoms with Gasteiger partial charge in [-0.05, 0) is 6.92 Å². The summed E-state index contributed by atoms with van der Waals surface area (Å²) in [6.07, 6.45) is 0. The number of hydrazine groups is 1. The van der Waals surface area contributed by atoms with Crippen molar-refractivity contribution >= 4 is 11.5 Å². The lowest BCUT2D eigenvalue weighted by Crippen LogP contribution is -2.12. The molecule has 0 saturated heterocycles. The predicted octanol–water partition coefficient (Wildman–Crippen LogP) is -0.0777. The fourth-order valence-electron chi connectivity index (χ4n) is 1.03. The largest absolute Gasteiger partial charge is 0.335 e. The summed E-state index contributed by atoms with van der Waals surface area (Å²) in [5.41, 5.74) is 2.48. The smallest absolute Gasteiger partial charge is 0.303 e. The lowest BCUT2D eigenvalue weighted by Gasteiger charge is -1.97. The third-order valence-electron chi connectivity index (χ3n) is 1.51. The molecule has 12 heavy (non-hydrogen) atoms. The summed E-state index contributed by atoms with van der Waals surface area (Å²) in [4.78, 5) is 9.96. The van der Waals surface area contributed by atoms with Crippen LogP contribution < -0.4 is 11.3 Å². The van der Waals surface area contributed by atoms with Crippen molar-refractivity contribution in [1.82, 2.24) is 9.78 Å². The van der Waals surface area contributed by atoms with Crippen LogP contribution in [0, 0.1) is 17.0 Å². The number of hydrogen-bond donors (Lipinski definition) is 2. The molecule has 0 aliphatic rings. The Morgan fingerprint density at radius 2 is 2.33 bits per heavy atom. The fraction of sp³-hybridized carbons (Fsp3) is 0.400. The second kappa shape index (κ2) is 2.78. The minimum absolute atomic E-state index is 0.0833. The molecule has 1 rings (SSSR count). The summed E-state index contributed by atoms with van der Waals surface area (Å²) in [6.45, 7) is 1.55. The van der Waals surface area contributed by atoms with E-state index in [-0.39, 0.29) is 11.5 Å². The van der Waals surface area contributed by atoms with Gasteiger partial charge >= 0.3 is 5.69 Å². The molecule has 0 aromatic carbocycles. The van der Waals surface area contributed by atoms with Crippen molar-refractivity contribution in [2.24, 2.45) is 12.9 Å². The van der Waals surface area contributed by atoms with Gasteiger partial charge < -0.3 is 5.43 Å². The Balaban J connectivity index is 3.32. The van der Waals surface area contributed by atoms with E-state index in [9.17, 15) is 10.1 Å². The Labute approximate surface area is 68.3 Å². The number of nitrogens with one attached hydrogen (secondary N) is 1. The zero-order valence-electron chi connectivity index (χ0n) is 6.74. The molecule has 0 aliphatic heterocycles. The summed E-state index contributed by atoms with van der Waals surface area (Å²) in [5, 5.41) is 14.3. The lowest BCUT2D eigenvalue weighted by atomic mass is 10.4. The quantitative estimate of drug-likeness (QED) is 0.368. The molecule has 0 saturated carbocycles. The average Bonchev–Trinajstić information content (AvgIpc) is 2.24. The van der Waals surface area contributed by atoms with Crippen molar-refractivity contribution < 1.29 is 4.92 Å². The number of aryl methyl sites for hydroxylation is 2. The zero-order chi connectivity index (χ0) is 9.30. The van der Waals surface area contributed by atoms with Crippen LogP contribution >= 0.6 is 0 Å². The molecule has 1 aromatic heterocycles. The van der Waals surface area contributed by atoms with Crippen LogP contribution in [0.4, 0.5) is 11.5 Å². The molecule has 0 aliphatic carbocycles. The van der Waals surface area contributed by atoms with Crippen molar-refractivity contribution in [3.05, 3.63) is 15.8 Å². The van der Waals surface area contributed by atoms with Gasteiger partial charge in [0.2, 0.25) is 5.82 Å². The van der Waals surface area contributed by atoms with Crippen molar-refractivity contribution in [1.29, 1.82) is 0 Å². The maximum atomic E-state index is 10.5. The maximum Gasteiger partial charge on any atom is 0.335 e. The van der Waals surface area contributed by atoms with Gasteiger partial charge in [-0.15, -0.1) is 0 Å². The first-order valence-electron chi connectivity index (χ1n) is 3.22. The highest BCUT2D eigenvalue weighted by Crippen LogP contribution is 2.25. The first-order valence-corrected chi connectivity index (χ1v) is 3.22. The Morgan fingerprint density at radius 1 is 1.75 bits per heavy atom. The zero-order valence-corrected chi connectivity index (χ0v) is 6.74. The second-order valence-corrected chi connectivity index (χ2v) is 2.31. The highest BCUT2D eigenvalue weighted by atomic mass is 16.6. The van der Waals surface area contributed by atoms with E-state index < -0.39 is 4.92 Å². The normalized spacial score (nSPS) is 9.92. The standard InChI is InChI=1S/C5H9N5O2/c1-3-4(10(11)12)5(7-6)9(2)8-3/h7H,6H2,1-2H3. The Kier molecular flexibility index (Phi) is 1.96. The molecule has 1 aromatic rings. The highest BCUT2D eigenvalue weighted by Gasteiger charge is 2.22.